The lowest BCUT2D eigenvalue weighted by molar-refractivity contribution is -0.167. The van der Waals surface area contributed by atoms with E-state index < -0.39 is 6.10 Å². The fourth-order valence-corrected chi connectivity index (χ4v) is 10.3. The lowest BCUT2D eigenvalue weighted by atomic mass is 10.0. The van der Waals surface area contributed by atoms with E-state index in [0.717, 1.165) is 89.9 Å². The van der Waals surface area contributed by atoms with Crippen molar-refractivity contribution in [1.29, 1.82) is 0 Å². The van der Waals surface area contributed by atoms with Gasteiger partial charge in [-0.2, -0.15) is 0 Å². The molecule has 0 saturated carbocycles. The number of allylic oxidation sites excluding steroid dienone is 12. The molecule has 0 aromatic heterocycles. The molecule has 0 aromatic rings. The summed E-state index contributed by atoms with van der Waals surface area (Å²) in [5, 5.41) is 0. The molecular formula is C75H134O6. The molecule has 0 aromatic carbocycles. The van der Waals surface area contributed by atoms with Crippen LogP contribution < -0.4 is 0 Å². The van der Waals surface area contributed by atoms with Crippen molar-refractivity contribution in [3.63, 3.8) is 0 Å². The minimum absolute atomic E-state index is 0.0787. The Kier molecular flexibility index (Phi) is 66.6. The van der Waals surface area contributed by atoms with Crippen molar-refractivity contribution in [1.82, 2.24) is 0 Å². The van der Waals surface area contributed by atoms with Crippen molar-refractivity contribution in [3.05, 3.63) is 72.9 Å². The van der Waals surface area contributed by atoms with Crippen LogP contribution in [0.5, 0.6) is 0 Å². The van der Waals surface area contributed by atoms with Crippen LogP contribution in [0.1, 0.15) is 367 Å². The Labute approximate surface area is 503 Å². The number of carbonyl (C=O) groups excluding carboxylic acids is 3. The topological polar surface area (TPSA) is 78.9 Å². The fourth-order valence-electron chi connectivity index (χ4n) is 10.3. The molecule has 0 heterocycles. The van der Waals surface area contributed by atoms with Crippen LogP contribution in [0.3, 0.4) is 0 Å². The van der Waals surface area contributed by atoms with Gasteiger partial charge in [0, 0.05) is 19.3 Å². The lowest BCUT2D eigenvalue weighted by Crippen LogP contribution is -2.30. The minimum Gasteiger partial charge on any atom is -0.462 e. The van der Waals surface area contributed by atoms with Gasteiger partial charge in [-0.1, -0.05) is 306 Å². The van der Waals surface area contributed by atoms with Gasteiger partial charge in [0.25, 0.3) is 0 Å². The van der Waals surface area contributed by atoms with Crippen LogP contribution in [-0.4, -0.2) is 37.2 Å². The number of hydrogen-bond acceptors (Lipinski definition) is 6. The van der Waals surface area contributed by atoms with Gasteiger partial charge in [-0.15, -0.1) is 0 Å². The molecule has 0 aliphatic heterocycles. The lowest BCUT2D eigenvalue weighted by Gasteiger charge is -2.18. The third kappa shape index (κ3) is 67.5. The maximum absolute atomic E-state index is 12.9. The van der Waals surface area contributed by atoms with Crippen LogP contribution in [0.15, 0.2) is 72.9 Å². The quantitative estimate of drug-likeness (QED) is 0.0261. The zero-order valence-corrected chi connectivity index (χ0v) is 54.1. The first-order chi connectivity index (χ1) is 40.0. The molecule has 0 rings (SSSR count). The molecule has 0 aliphatic carbocycles. The van der Waals surface area contributed by atoms with Crippen molar-refractivity contribution in [2.75, 3.05) is 13.2 Å². The Bertz CT molecular complexity index is 1490. The number of hydrogen-bond donors (Lipinski definition) is 0. The summed E-state index contributed by atoms with van der Waals surface area (Å²) in [4.78, 5) is 38.4. The van der Waals surface area contributed by atoms with Crippen LogP contribution in [0.2, 0.25) is 0 Å². The predicted octanol–water partition coefficient (Wildman–Crippen LogP) is 24.4. The summed E-state index contributed by atoms with van der Waals surface area (Å²) in [5.41, 5.74) is 0. The highest BCUT2D eigenvalue weighted by Crippen LogP contribution is 2.17. The number of carbonyl (C=O) groups is 3. The highest BCUT2D eigenvalue weighted by Gasteiger charge is 2.19. The maximum atomic E-state index is 12.9. The van der Waals surface area contributed by atoms with Crippen LogP contribution >= 0.6 is 0 Å². The molecule has 0 radical (unpaired) electrons. The van der Waals surface area contributed by atoms with Crippen molar-refractivity contribution in [2.24, 2.45) is 0 Å². The summed E-state index contributed by atoms with van der Waals surface area (Å²) < 4.78 is 17.0. The van der Waals surface area contributed by atoms with E-state index in [1.165, 1.54) is 238 Å². The molecule has 0 spiro atoms. The number of rotatable bonds is 65. The van der Waals surface area contributed by atoms with Crippen molar-refractivity contribution in [2.45, 2.75) is 374 Å². The van der Waals surface area contributed by atoms with E-state index in [0.29, 0.717) is 19.3 Å². The van der Waals surface area contributed by atoms with Gasteiger partial charge in [0.1, 0.15) is 13.2 Å². The summed E-state index contributed by atoms with van der Waals surface area (Å²) in [7, 11) is 0. The third-order valence-electron chi connectivity index (χ3n) is 15.7. The molecule has 0 amide bonds. The summed E-state index contributed by atoms with van der Waals surface area (Å²) in [6.45, 7) is 6.61. The monoisotopic (exact) mass is 1130 g/mol. The zero-order valence-electron chi connectivity index (χ0n) is 54.1. The van der Waals surface area contributed by atoms with Gasteiger partial charge in [0.05, 0.1) is 0 Å². The Morgan fingerprint density at radius 1 is 0.247 bits per heavy atom. The first-order valence-electron chi connectivity index (χ1n) is 35.4. The minimum atomic E-state index is -0.784. The van der Waals surface area contributed by atoms with Crippen LogP contribution in [0.25, 0.3) is 0 Å². The molecule has 6 heteroatoms. The molecule has 81 heavy (non-hydrogen) atoms. The van der Waals surface area contributed by atoms with Gasteiger partial charge in [0.2, 0.25) is 0 Å². The van der Waals surface area contributed by atoms with Crippen molar-refractivity contribution >= 4 is 17.9 Å². The Morgan fingerprint density at radius 2 is 0.444 bits per heavy atom. The van der Waals surface area contributed by atoms with E-state index in [1.807, 2.05) is 0 Å². The summed E-state index contributed by atoms with van der Waals surface area (Å²) in [6.07, 6.45) is 90.7. The smallest absolute Gasteiger partial charge is 0.306 e. The van der Waals surface area contributed by atoms with Crippen molar-refractivity contribution < 1.29 is 28.6 Å². The molecule has 1 atom stereocenters. The first-order valence-corrected chi connectivity index (χ1v) is 35.4. The number of esters is 3. The van der Waals surface area contributed by atoms with Gasteiger partial charge in [-0.3, -0.25) is 14.4 Å². The van der Waals surface area contributed by atoms with Gasteiger partial charge < -0.3 is 14.2 Å². The summed E-state index contributed by atoms with van der Waals surface area (Å²) in [5.74, 6) is -0.877. The highest BCUT2D eigenvalue weighted by atomic mass is 16.6. The summed E-state index contributed by atoms with van der Waals surface area (Å²) >= 11 is 0. The van der Waals surface area contributed by atoms with Gasteiger partial charge in [0.15, 0.2) is 6.10 Å². The van der Waals surface area contributed by atoms with E-state index >= 15 is 0 Å². The van der Waals surface area contributed by atoms with E-state index in [1.54, 1.807) is 0 Å². The normalized spacial score (nSPS) is 12.5. The fraction of sp³-hybridized carbons (Fsp3) is 0.800. The molecule has 0 fully saturated rings. The second kappa shape index (κ2) is 69.3. The molecule has 6 nitrogen and oxygen atoms in total. The Morgan fingerprint density at radius 3 is 0.704 bits per heavy atom. The van der Waals surface area contributed by atoms with E-state index in [-0.39, 0.29) is 31.1 Å². The second-order valence-corrected chi connectivity index (χ2v) is 23.8. The highest BCUT2D eigenvalue weighted by molar-refractivity contribution is 5.71. The van der Waals surface area contributed by atoms with Crippen LogP contribution in [0, 0.1) is 0 Å². The van der Waals surface area contributed by atoms with E-state index in [4.69, 9.17) is 14.2 Å². The standard InChI is InChI=1S/C75H134O6/c1-4-7-10-13-16-19-22-25-28-30-32-33-34-35-36-37-38-39-40-41-43-44-47-50-53-56-59-62-65-68-74(77)80-71-72(70-79-73(76)67-64-61-58-55-52-49-46-27-24-21-18-15-12-9-6-3)81-75(78)69-66-63-60-57-54-51-48-45-42-31-29-26-23-20-17-14-11-8-5-2/h17-18,20-22,25-27,29-30,32,46,72H,4-16,19,23-24,28,31,33-45,47-71H2,1-3H3/b20-17-,21-18-,25-22-,29-26-,32-30-,46-27-. The maximum Gasteiger partial charge on any atom is 0.306 e. The number of ether oxygens (including phenoxy) is 3. The van der Waals surface area contributed by atoms with Gasteiger partial charge >= 0.3 is 17.9 Å². The van der Waals surface area contributed by atoms with Gasteiger partial charge in [-0.05, 0) is 116 Å². The SMILES string of the molecule is CCCCC/C=C\C/C=C\CCCCCCCCCCCC(=O)OC(COC(=O)CCCCCCC/C=C\C/C=C\CCCCC)COC(=O)CCCCCCCCCCCCCCCCCCC/C=C\C/C=C\CCCCCCC. The van der Waals surface area contributed by atoms with Crippen LogP contribution in [0.4, 0.5) is 0 Å². The molecule has 0 aliphatic rings. The number of unbranched alkanes of at least 4 members (excludes halogenated alkanes) is 42. The van der Waals surface area contributed by atoms with Crippen LogP contribution in [-0.2, 0) is 28.6 Å². The van der Waals surface area contributed by atoms with Gasteiger partial charge in [-0.25, -0.2) is 0 Å². The van der Waals surface area contributed by atoms with Crippen molar-refractivity contribution in [3.8, 4) is 0 Å². The second-order valence-electron chi connectivity index (χ2n) is 23.8. The third-order valence-corrected chi connectivity index (χ3v) is 15.7. The zero-order chi connectivity index (χ0) is 58.5. The van der Waals surface area contributed by atoms with E-state index in [9.17, 15) is 14.4 Å². The average molecular weight is 1130 g/mol. The average Bonchev–Trinajstić information content (AvgIpc) is 3.47. The Hall–Kier alpha value is -3.15. The first kappa shape index (κ1) is 77.9. The van der Waals surface area contributed by atoms with E-state index in [2.05, 4.69) is 93.7 Å². The Balaban J connectivity index is 4.26. The largest absolute Gasteiger partial charge is 0.462 e. The molecule has 0 bridgehead atoms. The predicted molar refractivity (Wildman–Crippen MR) is 353 cm³/mol. The molecular weight excluding hydrogens is 997 g/mol. The molecule has 0 saturated heterocycles. The molecule has 0 N–H and O–H groups in total. The molecule has 1 unspecified atom stereocenters. The summed E-state index contributed by atoms with van der Waals surface area (Å²) in [6, 6.07) is 0. The molecule has 470 valence electrons.